The van der Waals surface area contributed by atoms with Gasteiger partial charge in [-0.3, -0.25) is 0 Å². The van der Waals surface area contributed by atoms with Gasteiger partial charge in [0.05, 0.1) is 12.5 Å². The highest BCUT2D eigenvalue weighted by Gasteiger charge is 2.19. The molecule has 1 aromatic carbocycles. The van der Waals surface area contributed by atoms with E-state index in [0.717, 1.165) is 18.2 Å². The van der Waals surface area contributed by atoms with Crippen molar-refractivity contribution in [2.24, 2.45) is 0 Å². The van der Waals surface area contributed by atoms with Gasteiger partial charge in [0.2, 0.25) is 5.92 Å². The van der Waals surface area contributed by atoms with E-state index in [9.17, 15) is 8.78 Å². The molecule has 1 rings (SSSR count). The summed E-state index contributed by atoms with van der Waals surface area (Å²) in [5.41, 5.74) is 1.66. The molecule has 0 heterocycles. The first-order chi connectivity index (χ1) is 7.51. The lowest BCUT2D eigenvalue weighted by Gasteiger charge is -2.11. The van der Waals surface area contributed by atoms with Crippen LogP contribution >= 0.6 is 0 Å². The summed E-state index contributed by atoms with van der Waals surface area (Å²) in [5.74, 6) is -2.64. The van der Waals surface area contributed by atoms with Crippen molar-refractivity contribution in [3.8, 4) is 6.07 Å². The quantitative estimate of drug-likeness (QED) is 0.833. The van der Waals surface area contributed by atoms with E-state index >= 15 is 0 Å². The number of rotatable bonds is 5. The Balaban J connectivity index is 2.48. The van der Waals surface area contributed by atoms with Crippen LogP contribution in [-0.4, -0.2) is 12.5 Å². The molecule has 0 aliphatic rings. The number of alkyl halides is 2. The summed E-state index contributed by atoms with van der Waals surface area (Å²) in [6.45, 7) is 1.13. The lowest BCUT2D eigenvalue weighted by molar-refractivity contribution is 0.0167. The van der Waals surface area contributed by atoms with Crippen LogP contribution in [0, 0.1) is 11.3 Å². The zero-order chi connectivity index (χ0) is 12.0. The van der Waals surface area contributed by atoms with Crippen molar-refractivity contribution >= 4 is 5.69 Å². The molecule has 0 fully saturated rings. The van der Waals surface area contributed by atoms with Gasteiger partial charge in [-0.15, -0.1) is 0 Å². The SMILES string of the molecule is CC(F)(F)CCNc1cccc(CC#N)c1. The Morgan fingerprint density at radius 3 is 2.81 bits per heavy atom. The standard InChI is InChI=1S/C12H14F2N2/c1-12(13,14)6-8-16-11-4-2-3-10(9-11)5-7-15/h2-4,9,16H,5-6,8H2,1H3. The second kappa shape index (κ2) is 5.45. The van der Waals surface area contributed by atoms with Crippen LogP contribution in [0.4, 0.5) is 14.5 Å². The Morgan fingerprint density at radius 2 is 2.19 bits per heavy atom. The zero-order valence-electron chi connectivity index (χ0n) is 9.13. The molecular weight excluding hydrogens is 210 g/mol. The highest BCUT2D eigenvalue weighted by molar-refractivity contribution is 5.46. The van der Waals surface area contributed by atoms with Crippen LogP contribution in [0.5, 0.6) is 0 Å². The van der Waals surface area contributed by atoms with Crippen molar-refractivity contribution in [3.05, 3.63) is 29.8 Å². The van der Waals surface area contributed by atoms with Gasteiger partial charge in [0.15, 0.2) is 0 Å². The van der Waals surface area contributed by atoms with Gasteiger partial charge in [-0.05, 0) is 24.6 Å². The summed E-state index contributed by atoms with van der Waals surface area (Å²) >= 11 is 0. The minimum absolute atomic E-state index is 0.199. The number of hydrogen-bond acceptors (Lipinski definition) is 2. The molecule has 86 valence electrons. The number of halogens is 2. The van der Waals surface area contributed by atoms with Gasteiger partial charge in [0.25, 0.3) is 0 Å². The van der Waals surface area contributed by atoms with Crippen molar-refractivity contribution in [3.63, 3.8) is 0 Å². The van der Waals surface area contributed by atoms with Crippen LogP contribution in [0.15, 0.2) is 24.3 Å². The van der Waals surface area contributed by atoms with E-state index in [1.165, 1.54) is 0 Å². The first kappa shape index (κ1) is 12.4. The van der Waals surface area contributed by atoms with Crippen molar-refractivity contribution in [2.45, 2.75) is 25.7 Å². The highest BCUT2D eigenvalue weighted by atomic mass is 19.3. The summed E-state index contributed by atoms with van der Waals surface area (Å²) in [6.07, 6.45) is 0.134. The summed E-state index contributed by atoms with van der Waals surface area (Å²) in [7, 11) is 0. The summed E-state index contributed by atoms with van der Waals surface area (Å²) in [6, 6.07) is 9.29. The molecule has 0 bridgehead atoms. The molecular formula is C12H14F2N2. The Bertz CT molecular complexity index is 377. The molecule has 0 aliphatic carbocycles. The molecule has 0 spiro atoms. The lowest BCUT2D eigenvalue weighted by Crippen LogP contribution is -2.16. The Hall–Kier alpha value is -1.63. The van der Waals surface area contributed by atoms with Crippen LogP contribution in [0.3, 0.4) is 0 Å². The van der Waals surface area contributed by atoms with Crippen LogP contribution in [0.2, 0.25) is 0 Å². The van der Waals surface area contributed by atoms with Gasteiger partial charge in [0, 0.05) is 18.7 Å². The second-order valence-electron chi connectivity index (χ2n) is 3.78. The number of nitrogens with one attached hydrogen (secondary N) is 1. The molecule has 2 nitrogen and oxygen atoms in total. The molecule has 0 saturated carbocycles. The van der Waals surface area contributed by atoms with Crippen molar-refractivity contribution in [1.82, 2.24) is 0 Å². The Labute approximate surface area is 93.9 Å². The maximum absolute atomic E-state index is 12.5. The van der Waals surface area contributed by atoms with Crippen LogP contribution in [0.25, 0.3) is 0 Å². The lowest BCUT2D eigenvalue weighted by atomic mass is 10.1. The van der Waals surface area contributed by atoms with Gasteiger partial charge in [-0.2, -0.15) is 5.26 Å². The van der Waals surface area contributed by atoms with E-state index in [1.54, 1.807) is 18.2 Å². The normalized spacial score (nSPS) is 10.9. The Morgan fingerprint density at radius 1 is 1.44 bits per heavy atom. The summed E-state index contributed by atoms with van der Waals surface area (Å²) < 4.78 is 25.1. The van der Waals surface area contributed by atoms with E-state index in [1.807, 2.05) is 12.1 Å². The average Bonchev–Trinajstić information content (AvgIpc) is 2.17. The molecule has 0 aliphatic heterocycles. The minimum atomic E-state index is -2.64. The van der Waals surface area contributed by atoms with Gasteiger partial charge in [0.1, 0.15) is 0 Å². The number of anilines is 1. The number of nitrogens with zero attached hydrogens (tertiary/aromatic N) is 1. The fraction of sp³-hybridized carbons (Fsp3) is 0.417. The van der Waals surface area contributed by atoms with E-state index in [2.05, 4.69) is 5.32 Å². The molecule has 16 heavy (non-hydrogen) atoms. The fourth-order valence-electron chi connectivity index (χ4n) is 1.31. The third-order valence-corrected chi connectivity index (χ3v) is 2.10. The summed E-state index contributed by atoms with van der Waals surface area (Å²) in [4.78, 5) is 0. The minimum Gasteiger partial charge on any atom is -0.385 e. The molecule has 4 heteroatoms. The number of benzene rings is 1. The fourth-order valence-corrected chi connectivity index (χ4v) is 1.31. The van der Waals surface area contributed by atoms with E-state index in [0.29, 0.717) is 6.42 Å². The van der Waals surface area contributed by atoms with Crippen LogP contribution in [0.1, 0.15) is 18.9 Å². The second-order valence-corrected chi connectivity index (χ2v) is 3.78. The number of nitriles is 1. The van der Waals surface area contributed by atoms with Crippen molar-refractivity contribution in [2.75, 3.05) is 11.9 Å². The molecule has 0 aromatic heterocycles. The van der Waals surface area contributed by atoms with Crippen LogP contribution in [-0.2, 0) is 6.42 Å². The van der Waals surface area contributed by atoms with Crippen LogP contribution < -0.4 is 5.32 Å². The monoisotopic (exact) mass is 224 g/mol. The largest absolute Gasteiger partial charge is 0.385 e. The first-order valence-electron chi connectivity index (χ1n) is 5.09. The number of hydrogen-bond donors (Lipinski definition) is 1. The van der Waals surface area contributed by atoms with Crippen molar-refractivity contribution < 1.29 is 8.78 Å². The first-order valence-corrected chi connectivity index (χ1v) is 5.09. The van der Waals surface area contributed by atoms with E-state index in [4.69, 9.17) is 5.26 Å². The zero-order valence-corrected chi connectivity index (χ0v) is 9.13. The van der Waals surface area contributed by atoms with Crippen molar-refractivity contribution in [1.29, 1.82) is 5.26 Å². The Kier molecular flexibility index (Phi) is 4.24. The smallest absolute Gasteiger partial charge is 0.247 e. The molecule has 0 saturated heterocycles. The average molecular weight is 224 g/mol. The van der Waals surface area contributed by atoms with Gasteiger partial charge < -0.3 is 5.32 Å². The maximum atomic E-state index is 12.5. The predicted molar refractivity (Wildman–Crippen MR) is 59.5 cm³/mol. The molecule has 1 aromatic rings. The van der Waals surface area contributed by atoms with E-state index in [-0.39, 0.29) is 13.0 Å². The van der Waals surface area contributed by atoms with Gasteiger partial charge in [-0.25, -0.2) is 8.78 Å². The van der Waals surface area contributed by atoms with Gasteiger partial charge in [-0.1, -0.05) is 12.1 Å². The molecule has 0 amide bonds. The molecule has 0 radical (unpaired) electrons. The highest BCUT2D eigenvalue weighted by Crippen LogP contribution is 2.17. The molecule has 1 N–H and O–H groups in total. The molecule has 0 unspecified atom stereocenters. The van der Waals surface area contributed by atoms with E-state index < -0.39 is 5.92 Å². The summed E-state index contributed by atoms with van der Waals surface area (Å²) in [5, 5.41) is 11.4. The third kappa shape index (κ3) is 4.74. The topological polar surface area (TPSA) is 35.8 Å². The predicted octanol–water partition coefficient (Wildman–Crippen LogP) is 3.21. The third-order valence-electron chi connectivity index (χ3n) is 2.10. The molecule has 0 atom stereocenters. The van der Waals surface area contributed by atoms with Gasteiger partial charge >= 0.3 is 0 Å². The maximum Gasteiger partial charge on any atom is 0.247 e.